The monoisotopic (exact) mass is 454 g/mol. The Kier molecular flexibility index (Phi) is 5.09. The van der Waals surface area contributed by atoms with Gasteiger partial charge in [-0.2, -0.15) is 5.10 Å². The van der Waals surface area contributed by atoms with Crippen molar-refractivity contribution in [2.45, 2.75) is 70.0 Å². The van der Waals surface area contributed by atoms with Crippen LogP contribution in [0.3, 0.4) is 0 Å². The van der Waals surface area contributed by atoms with E-state index in [-0.39, 0.29) is 0 Å². The van der Waals surface area contributed by atoms with Crippen LogP contribution < -0.4 is 5.43 Å². The van der Waals surface area contributed by atoms with Gasteiger partial charge in [0.25, 0.3) is 5.91 Å². The van der Waals surface area contributed by atoms with E-state index < -0.39 is 48.2 Å². The van der Waals surface area contributed by atoms with Crippen LogP contribution in [0.1, 0.15) is 33.3 Å². The van der Waals surface area contributed by atoms with Crippen molar-refractivity contribution < 1.29 is 28.5 Å². The summed E-state index contributed by atoms with van der Waals surface area (Å²) in [5.41, 5.74) is 3.36. The molecule has 3 fully saturated rings. The summed E-state index contributed by atoms with van der Waals surface area (Å²) in [6, 6.07) is 7.55. The number of hydrogen-bond donors (Lipinski definition) is 1. The lowest BCUT2D eigenvalue weighted by Crippen LogP contribution is -2.59. The summed E-state index contributed by atoms with van der Waals surface area (Å²) in [4.78, 5) is 12.8. The van der Waals surface area contributed by atoms with Gasteiger partial charge < -0.3 is 23.7 Å². The van der Waals surface area contributed by atoms with E-state index in [1.165, 1.54) is 0 Å². The van der Waals surface area contributed by atoms with Gasteiger partial charge in [0.05, 0.1) is 6.21 Å². The standard InChI is InChI=1S/C19H23BrN2O6/c1-18(2)25-12-13(26-18)15-17(28-19(3,4)27-15)24-14(12)16(23)22-21-9-10-6-5-7-11(20)8-10/h5-9,12-15,17H,1-4H3,(H,22,23)/b21-9-/t12-,13-,14+,15+,17+/m1/s1. The number of hydrogen-bond acceptors (Lipinski definition) is 7. The maximum Gasteiger partial charge on any atom is 0.272 e. The molecular formula is C19H23BrN2O6. The fraction of sp³-hybridized carbons (Fsp3) is 0.579. The second kappa shape index (κ2) is 7.16. The summed E-state index contributed by atoms with van der Waals surface area (Å²) in [7, 11) is 0. The molecule has 0 radical (unpaired) electrons. The van der Waals surface area contributed by atoms with E-state index in [0.29, 0.717) is 0 Å². The Bertz CT molecular complexity index is 798. The van der Waals surface area contributed by atoms with Crippen molar-refractivity contribution in [3.8, 4) is 0 Å². The number of nitrogens with one attached hydrogen (secondary N) is 1. The largest absolute Gasteiger partial charge is 0.342 e. The van der Waals surface area contributed by atoms with Crippen molar-refractivity contribution in [2.24, 2.45) is 5.10 Å². The highest BCUT2D eigenvalue weighted by atomic mass is 79.9. The Morgan fingerprint density at radius 3 is 2.50 bits per heavy atom. The first-order valence-electron chi connectivity index (χ1n) is 9.09. The van der Waals surface area contributed by atoms with Gasteiger partial charge in [0.15, 0.2) is 24.0 Å². The predicted molar refractivity (Wildman–Crippen MR) is 102 cm³/mol. The maximum absolute atomic E-state index is 12.8. The van der Waals surface area contributed by atoms with Gasteiger partial charge in [-0.15, -0.1) is 0 Å². The van der Waals surface area contributed by atoms with Crippen molar-refractivity contribution in [1.82, 2.24) is 5.43 Å². The normalized spacial score (nSPS) is 35.5. The van der Waals surface area contributed by atoms with E-state index in [2.05, 4.69) is 26.5 Å². The van der Waals surface area contributed by atoms with Crippen LogP contribution in [0.25, 0.3) is 0 Å². The molecule has 0 unspecified atom stereocenters. The number of benzene rings is 1. The van der Waals surface area contributed by atoms with E-state index in [1.807, 2.05) is 24.3 Å². The molecule has 3 aliphatic heterocycles. The van der Waals surface area contributed by atoms with E-state index in [4.69, 9.17) is 23.7 Å². The number of ether oxygens (including phenoxy) is 5. The summed E-state index contributed by atoms with van der Waals surface area (Å²) < 4.78 is 30.5. The zero-order chi connectivity index (χ0) is 20.1. The fourth-order valence-corrected chi connectivity index (χ4v) is 4.06. The van der Waals surface area contributed by atoms with Crippen LogP contribution in [0.5, 0.6) is 0 Å². The fourth-order valence-electron chi connectivity index (χ4n) is 3.64. The van der Waals surface area contributed by atoms with Crippen LogP contribution in [0, 0.1) is 0 Å². The van der Waals surface area contributed by atoms with Crippen LogP contribution in [-0.4, -0.2) is 54.4 Å². The highest BCUT2D eigenvalue weighted by Gasteiger charge is 2.62. The molecule has 3 aliphatic rings. The quantitative estimate of drug-likeness (QED) is 0.556. The molecule has 0 saturated carbocycles. The maximum atomic E-state index is 12.8. The summed E-state index contributed by atoms with van der Waals surface area (Å²) >= 11 is 3.40. The summed E-state index contributed by atoms with van der Waals surface area (Å²) in [5, 5.41) is 4.03. The van der Waals surface area contributed by atoms with Gasteiger partial charge in [-0.05, 0) is 45.4 Å². The Hall–Kier alpha value is -1.36. The highest BCUT2D eigenvalue weighted by molar-refractivity contribution is 9.10. The minimum atomic E-state index is -0.940. The predicted octanol–water partition coefficient (Wildman–Crippen LogP) is 2.30. The number of nitrogens with zero attached hydrogens (tertiary/aromatic N) is 1. The first-order valence-corrected chi connectivity index (χ1v) is 9.88. The number of amides is 1. The third-order valence-corrected chi connectivity index (χ3v) is 5.14. The minimum absolute atomic E-state index is 0.436. The first kappa shape index (κ1) is 19.9. The van der Waals surface area contributed by atoms with Gasteiger partial charge in [0.2, 0.25) is 0 Å². The van der Waals surface area contributed by atoms with Crippen molar-refractivity contribution in [2.75, 3.05) is 0 Å². The van der Waals surface area contributed by atoms with Crippen LogP contribution in [0.2, 0.25) is 0 Å². The van der Waals surface area contributed by atoms with Gasteiger partial charge in [-0.1, -0.05) is 28.1 Å². The number of halogens is 1. The summed E-state index contributed by atoms with van der Waals surface area (Å²) in [6.45, 7) is 7.17. The Balaban J connectivity index is 1.49. The molecule has 0 spiro atoms. The number of carbonyl (C=O) groups excluding carboxylic acids is 1. The van der Waals surface area contributed by atoms with E-state index in [0.717, 1.165) is 10.0 Å². The first-order chi connectivity index (χ1) is 13.1. The molecule has 0 aromatic heterocycles. The Morgan fingerprint density at radius 2 is 1.75 bits per heavy atom. The zero-order valence-corrected chi connectivity index (χ0v) is 17.6. The second-order valence-electron chi connectivity index (χ2n) is 7.88. The molecule has 0 aliphatic carbocycles. The van der Waals surface area contributed by atoms with E-state index in [1.54, 1.807) is 33.9 Å². The van der Waals surface area contributed by atoms with Crippen LogP contribution in [0.15, 0.2) is 33.8 Å². The Labute approximate surface area is 171 Å². The average molecular weight is 455 g/mol. The van der Waals surface area contributed by atoms with Crippen molar-refractivity contribution in [3.05, 3.63) is 34.3 Å². The molecule has 28 heavy (non-hydrogen) atoms. The van der Waals surface area contributed by atoms with Crippen LogP contribution >= 0.6 is 15.9 Å². The van der Waals surface area contributed by atoms with Crippen LogP contribution in [-0.2, 0) is 28.5 Å². The molecule has 0 bridgehead atoms. The van der Waals surface area contributed by atoms with Crippen molar-refractivity contribution in [3.63, 3.8) is 0 Å². The number of rotatable bonds is 3. The molecule has 9 heteroatoms. The Morgan fingerprint density at radius 1 is 1.07 bits per heavy atom. The molecule has 1 aromatic carbocycles. The van der Waals surface area contributed by atoms with Gasteiger partial charge in [-0.25, -0.2) is 5.43 Å². The molecule has 1 aromatic rings. The SMILES string of the molecule is CC1(C)O[C@@H]2O[C@H](C(=O)N/N=C\c3cccc(Br)c3)[C@@H]3OC(C)(C)O[C@H]3[C@@H]2O1. The molecule has 3 saturated heterocycles. The third-order valence-electron chi connectivity index (χ3n) is 4.65. The van der Waals surface area contributed by atoms with Gasteiger partial charge in [-0.3, -0.25) is 4.79 Å². The molecule has 4 rings (SSSR count). The average Bonchev–Trinajstić information content (AvgIpc) is 3.08. The molecule has 1 amide bonds. The smallest absolute Gasteiger partial charge is 0.272 e. The molecule has 152 valence electrons. The molecular weight excluding hydrogens is 432 g/mol. The van der Waals surface area contributed by atoms with Crippen molar-refractivity contribution >= 4 is 28.1 Å². The lowest BCUT2D eigenvalue weighted by atomic mass is 9.98. The molecule has 1 N–H and O–H groups in total. The zero-order valence-electron chi connectivity index (χ0n) is 16.0. The topological polar surface area (TPSA) is 87.6 Å². The van der Waals surface area contributed by atoms with Gasteiger partial charge in [0.1, 0.15) is 18.3 Å². The van der Waals surface area contributed by atoms with Crippen LogP contribution in [0.4, 0.5) is 0 Å². The van der Waals surface area contributed by atoms with Gasteiger partial charge in [0, 0.05) is 4.47 Å². The second-order valence-corrected chi connectivity index (χ2v) is 8.79. The molecule has 8 nitrogen and oxygen atoms in total. The van der Waals surface area contributed by atoms with E-state index >= 15 is 0 Å². The lowest BCUT2D eigenvalue weighted by molar-refractivity contribution is -0.231. The number of hydrazone groups is 1. The van der Waals surface area contributed by atoms with Crippen molar-refractivity contribution in [1.29, 1.82) is 0 Å². The minimum Gasteiger partial charge on any atom is -0.342 e. The summed E-state index contributed by atoms with van der Waals surface area (Å²) in [6.07, 6.45) is -1.70. The number of carbonyl (C=O) groups is 1. The van der Waals surface area contributed by atoms with Gasteiger partial charge >= 0.3 is 0 Å². The molecule has 5 atom stereocenters. The third kappa shape index (κ3) is 4.00. The summed E-state index contributed by atoms with van der Waals surface area (Å²) in [5.74, 6) is -2.13. The lowest BCUT2D eigenvalue weighted by Gasteiger charge is -2.36. The molecule has 3 heterocycles. The van der Waals surface area contributed by atoms with E-state index in [9.17, 15) is 4.79 Å². The number of fused-ring (bicyclic) bond motifs is 3. The highest BCUT2D eigenvalue weighted by Crippen LogP contribution is 2.44.